The first-order valence-electron chi connectivity index (χ1n) is 9.22. The number of carbonyl (C=O) groups is 2. The lowest BCUT2D eigenvalue weighted by Crippen LogP contribution is -2.34. The van der Waals surface area contributed by atoms with Crippen LogP contribution in [0.4, 0.5) is 0 Å². The van der Waals surface area contributed by atoms with Crippen molar-refractivity contribution in [2.45, 2.75) is 23.1 Å². The summed E-state index contributed by atoms with van der Waals surface area (Å²) in [5, 5.41) is 7.85. The summed E-state index contributed by atoms with van der Waals surface area (Å²) in [7, 11) is 0. The number of hydrogen-bond donors (Lipinski definition) is 1. The molecule has 1 aromatic carbocycles. The van der Waals surface area contributed by atoms with Gasteiger partial charge in [-0.05, 0) is 49.1 Å². The van der Waals surface area contributed by atoms with Crippen molar-refractivity contribution in [2.75, 3.05) is 13.1 Å². The number of halogens is 3. The standard InChI is InChI=1S/C19H20N2O2.C2HCl3O2/c22-19(21-13-5-2-6-14-21)12-10-16-9-11-18(20-15-16)23-17-7-3-1-4-8-17;3-2(4,5)1(6)7/h1,3-4,7-12,15H,2,5-6,13-14H2;(H,6,7)/b12-10+;. The molecule has 6 nitrogen and oxygen atoms in total. The first-order valence-corrected chi connectivity index (χ1v) is 10.3. The molecule has 1 aliphatic rings. The molecule has 9 heteroatoms. The molecule has 0 aliphatic carbocycles. The van der Waals surface area contributed by atoms with Gasteiger partial charge in [0.1, 0.15) is 5.75 Å². The summed E-state index contributed by atoms with van der Waals surface area (Å²) in [5.74, 6) is -0.0916. The number of carbonyl (C=O) groups excluding carboxylic acids is 1. The van der Waals surface area contributed by atoms with Gasteiger partial charge in [-0.15, -0.1) is 0 Å². The third kappa shape index (κ3) is 8.61. The molecule has 1 N–H and O–H groups in total. The Labute approximate surface area is 190 Å². The van der Waals surface area contributed by atoms with Crippen molar-refractivity contribution in [3.63, 3.8) is 0 Å². The Bertz CT molecular complexity index is 847. The van der Waals surface area contributed by atoms with Crippen molar-refractivity contribution >= 4 is 52.8 Å². The van der Waals surface area contributed by atoms with Crippen molar-refractivity contribution in [1.82, 2.24) is 9.88 Å². The number of benzene rings is 1. The van der Waals surface area contributed by atoms with E-state index >= 15 is 0 Å². The number of alkyl halides is 3. The quantitative estimate of drug-likeness (QED) is 0.481. The fraction of sp³-hybridized carbons (Fsp3) is 0.286. The molecule has 1 fully saturated rings. The average Bonchev–Trinajstić information content (AvgIpc) is 2.74. The number of carboxylic acids is 1. The van der Waals surface area contributed by atoms with Crippen LogP contribution in [0.3, 0.4) is 0 Å². The first-order chi connectivity index (χ1) is 14.3. The van der Waals surface area contributed by atoms with Crippen LogP contribution in [0, 0.1) is 0 Å². The minimum atomic E-state index is -2.17. The number of carboxylic acid groups (broad SMARTS) is 1. The highest BCUT2D eigenvalue weighted by molar-refractivity contribution is 6.75. The van der Waals surface area contributed by atoms with Gasteiger partial charge >= 0.3 is 5.97 Å². The number of pyridine rings is 1. The predicted octanol–water partition coefficient (Wildman–Crippen LogP) is 5.34. The van der Waals surface area contributed by atoms with Crippen LogP contribution in [-0.2, 0) is 9.59 Å². The van der Waals surface area contributed by atoms with Gasteiger partial charge in [-0.3, -0.25) is 4.79 Å². The number of nitrogens with zero attached hydrogens (tertiary/aromatic N) is 2. The van der Waals surface area contributed by atoms with Gasteiger partial charge in [-0.1, -0.05) is 53.0 Å². The van der Waals surface area contributed by atoms with E-state index in [-0.39, 0.29) is 5.91 Å². The van der Waals surface area contributed by atoms with Crippen LogP contribution in [0.1, 0.15) is 24.8 Å². The highest BCUT2D eigenvalue weighted by atomic mass is 35.6. The van der Waals surface area contributed by atoms with Crippen LogP contribution in [0.2, 0.25) is 0 Å². The molecule has 3 rings (SSSR count). The van der Waals surface area contributed by atoms with E-state index in [9.17, 15) is 9.59 Å². The molecule has 0 bridgehead atoms. The van der Waals surface area contributed by atoms with Gasteiger partial charge in [0, 0.05) is 31.4 Å². The number of piperidine rings is 1. The number of hydrogen-bond acceptors (Lipinski definition) is 4. The number of rotatable bonds is 4. The minimum Gasteiger partial charge on any atom is -0.478 e. The normalized spacial score (nSPS) is 14.0. The Morgan fingerprint density at radius 1 is 1.03 bits per heavy atom. The maximum absolute atomic E-state index is 12.1. The van der Waals surface area contributed by atoms with Gasteiger partial charge in [-0.25, -0.2) is 9.78 Å². The van der Waals surface area contributed by atoms with Gasteiger partial charge in [0.25, 0.3) is 3.79 Å². The summed E-state index contributed by atoms with van der Waals surface area (Å²) < 4.78 is 3.48. The van der Waals surface area contributed by atoms with E-state index in [1.54, 1.807) is 24.4 Å². The van der Waals surface area contributed by atoms with E-state index < -0.39 is 9.76 Å². The molecule has 0 spiro atoms. The van der Waals surface area contributed by atoms with Crippen LogP contribution in [0.25, 0.3) is 6.08 Å². The van der Waals surface area contributed by atoms with Gasteiger partial charge in [-0.2, -0.15) is 0 Å². The second-order valence-electron chi connectivity index (χ2n) is 6.37. The molecule has 1 aromatic heterocycles. The van der Waals surface area contributed by atoms with E-state index in [0.717, 1.165) is 37.2 Å². The molecular weight excluding hydrogens is 451 g/mol. The Hall–Kier alpha value is -2.28. The molecule has 2 aromatic rings. The molecule has 0 unspecified atom stereocenters. The van der Waals surface area contributed by atoms with E-state index in [1.807, 2.05) is 41.3 Å². The van der Waals surface area contributed by atoms with E-state index in [0.29, 0.717) is 5.88 Å². The third-order valence-electron chi connectivity index (χ3n) is 4.05. The summed E-state index contributed by atoms with van der Waals surface area (Å²) in [6.07, 6.45) is 8.56. The van der Waals surface area contributed by atoms with Crippen LogP contribution >= 0.6 is 34.8 Å². The maximum atomic E-state index is 12.1. The zero-order valence-corrected chi connectivity index (χ0v) is 18.3. The third-order valence-corrected chi connectivity index (χ3v) is 4.54. The summed E-state index contributed by atoms with van der Waals surface area (Å²) in [5.41, 5.74) is 0.885. The summed E-state index contributed by atoms with van der Waals surface area (Å²) >= 11 is 14.4. The Balaban J connectivity index is 0.000000396. The van der Waals surface area contributed by atoms with Crippen molar-refractivity contribution < 1.29 is 19.4 Å². The highest BCUT2D eigenvalue weighted by Gasteiger charge is 2.29. The second-order valence-corrected chi connectivity index (χ2v) is 8.65. The van der Waals surface area contributed by atoms with E-state index in [1.165, 1.54) is 6.42 Å². The summed E-state index contributed by atoms with van der Waals surface area (Å²) in [4.78, 5) is 27.9. The molecule has 1 aliphatic heterocycles. The van der Waals surface area contributed by atoms with Crippen molar-refractivity contribution in [2.24, 2.45) is 0 Å². The maximum Gasteiger partial charge on any atom is 0.356 e. The number of para-hydroxylation sites is 1. The van der Waals surface area contributed by atoms with Crippen LogP contribution in [0.15, 0.2) is 54.7 Å². The zero-order valence-electron chi connectivity index (χ0n) is 16.0. The van der Waals surface area contributed by atoms with E-state index in [2.05, 4.69) is 4.98 Å². The Morgan fingerprint density at radius 2 is 1.67 bits per heavy atom. The van der Waals surface area contributed by atoms with Crippen molar-refractivity contribution in [3.05, 3.63) is 60.3 Å². The fourth-order valence-corrected chi connectivity index (χ4v) is 2.55. The van der Waals surface area contributed by atoms with Crippen LogP contribution in [0.5, 0.6) is 11.6 Å². The number of aliphatic carboxylic acids is 1. The van der Waals surface area contributed by atoms with Gasteiger partial charge in [0.15, 0.2) is 0 Å². The Morgan fingerprint density at radius 3 is 2.20 bits per heavy atom. The largest absolute Gasteiger partial charge is 0.478 e. The van der Waals surface area contributed by atoms with E-state index in [4.69, 9.17) is 44.6 Å². The average molecular weight is 472 g/mol. The number of ether oxygens (including phenoxy) is 1. The first kappa shape index (κ1) is 24.0. The molecule has 30 heavy (non-hydrogen) atoms. The number of aromatic nitrogens is 1. The van der Waals surface area contributed by atoms with Gasteiger partial charge < -0.3 is 14.7 Å². The predicted molar refractivity (Wildman–Crippen MR) is 118 cm³/mol. The monoisotopic (exact) mass is 470 g/mol. The van der Waals surface area contributed by atoms with Crippen molar-refractivity contribution in [3.8, 4) is 11.6 Å². The SMILES string of the molecule is O=C(/C=C/c1ccc(Oc2ccccc2)nc1)N1CCCCC1.O=C(O)C(Cl)(Cl)Cl. The zero-order chi connectivity index (χ0) is 22.0. The minimum absolute atomic E-state index is 0.0781. The Kier molecular flexibility index (Phi) is 9.43. The molecular formula is C21H21Cl3N2O4. The van der Waals surface area contributed by atoms with Crippen molar-refractivity contribution in [1.29, 1.82) is 0 Å². The lowest BCUT2D eigenvalue weighted by molar-refractivity contribution is -0.136. The number of amides is 1. The van der Waals surface area contributed by atoms with Crippen LogP contribution < -0.4 is 4.74 Å². The molecule has 2 heterocycles. The molecule has 0 saturated carbocycles. The lowest BCUT2D eigenvalue weighted by Gasteiger charge is -2.25. The fourth-order valence-electron chi connectivity index (χ4n) is 2.55. The smallest absolute Gasteiger partial charge is 0.356 e. The molecule has 1 amide bonds. The van der Waals surface area contributed by atoms with Gasteiger partial charge in [0.2, 0.25) is 11.8 Å². The molecule has 1 saturated heterocycles. The summed E-state index contributed by atoms with van der Waals surface area (Å²) in [6, 6.07) is 13.2. The summed E-state index contributed by atoms with van der Waals surface area (Å²) in [6.45, 7) is 1.73. The molecule has 0 radical (unpaired) electrons. The molecule has 160 valence electrons. The van der Waals surface area contributed by atoms with Crippen LogP contribution in [-0.4, -0.2) is 43.7 Å². The van der Waals surface area contributed by atoms with Gasteiger partial charge in [0.05, 0.1) is 0 Å². The number of likely N-dealkylation sites (tertiary alicyclic amines) is 1. The molecule has 0 atom stereocenters. The topological polar surface area (TPSA) is 79.7 Å². The second kappa shape index (κ2) is 11.8. The highest BCUT2D eigenvalue weighted by Crippen LogP contribution is 2.25. The lowest BCUT2D eigenvalue weighted by atomic mass is 10.1.